The van der Waals surface area contributed by atoms with Crippen LogP contribution in [0, 0.1) is 0 Å². The van der Waals surface area contributed by atoms with Gasteiger partial charge in [-0.2, -0.15) is 0 Å². The predicted molar refractivity (Wildman–Crippen MR) is 262 cm³/mol. The van der Waals surface area contributed by atoms with Gasteiger partial charge in [0.2, 0.25) is 0 Å². The van der Waals surface area contributed by atoms with Gasteiger partial charge < -0.3 is 9.38 Å². The molecule has 0 fully saturated rings. The van der Waals surface area contributed by atoms with Crippen LogP contribution >= 0.6 is 22.7 Å². The van der Waals surface area contributed by atoms with Gasteiger partial charge >= 0.3 is 6.85 Å². The van der Waals surface area contributed by atoms with Crippen molar-refractivity contribution in [2.45, 2.75) is 78.6 Å². The van der Waals surface area contributed by atoms with Crippen LogP contribution in [0.1, 0.15) is 79.0 Å². The van der Waals surface area contributed by atoms with Crippen molar-refractivity contribution in [2.24, 2.45) is 0 Å². The summed E-state index contributed by atoms with van der Waals surface area (Å²) in [6.07, 6.45) is 0. The number of aromatic nitrogens is 1. The summed E-state index contributed by atoms with van der Waals surface area (Å²) in [5, 5.41) is 8.03. The second kappa shape index (κ2) is 11.7. The van der Waals surface area contributed by atoms with Crippen molar-refractivity contribution in [1.82, 2.24) is 4.57 Å². The van der Waals surface area contributed by atoms with E-state index in [4.69, 9.17) is 0 Å². The van der Waals surface area contributed by atoms with Crippen LogP contribution in [-0.4, -0.2) is 11.4 Å². The Morgan fingerprint density at radius 3 is 1.81 bits per heavy atom. The number of nitrogens with zero attached hydrogens (tertiary/aromatic N) is 2. The van der Waals surface area contributed by atoms with Gasteiger partial charge in [-0.15, -0.1) is 22.7 Å². The summed E-state index contributed by atoms with van der Waals surface area (Å²) in [6, 6.07) is 47.8. The standard InChI is InChI=1S/C54H47BN2S2/c1-52(2,3)30-14-18-33(19-15-30)57-45-29-49-40(35-20-16-32(54(7,8)9)25-47(35)59-49)26-38(45)36-21-22-37-39-28-48-41(34-12-10-11-13-46(34)58-48)27-44(39)56-43-23-17-31(53(4,5)6)24-42(43)55(57)50(36)51(37)56/h10-29H,1-9H3. The van der Waals surface area contributed by atoms with E-state index in [0.717, 1.165) is 0 Å². The Bertz CT molecular complexity index is 3450. The highest BCUT2D eigenvalue weighted by Gasteiger charge is 2.44. The zero-order valence-electron chi connectivity index (χ0n) is 35.3. The molecular weight excluding hydrogens is 752 g/mol. The van der Waals surface area contributed by atoms with Crippen LogP contribution < -0.4 is 15.7 Å². The Balaban J connectivity index is 1.23. The summed E-state index contributed by atoms with van der Waals surface area (Å²) < 4.78 is 8.03. The van der Waals surface area contributed by atoms with Crippen molar-refractivity contribution in [3.8, 4) is 16.8 Å². The first-order chi connectivity index (χ1) is 28.1. The monoisotopic (exact) mass is 798 g/mol. The van der Waals surface area contributed by atoms with Gasteiger partial charge in [0, 0.05) is 73.7 Å². The van der Waals surface area contributed by atoms with Gasteiger partial charge in [0.05, 0.1) is 11.0 Å². The molecule has 2 aliphatic rings. The van der Waals surface area contributed by atoms with Gasteiger partial charge in [0.15, 0.2) is 0 Å². The van der Waals surface area contributed by atoms with Crippen molar-refractivity contribution in [1.29, 1.82) is 0 Å². The molecule has 3 aromatic heterocycles. The molecule has 0 saturated heterocycles. The van der Waals surface area contributed by atoms with Crippen molar-refractivity contribution in [3.05, 3.63) is 138 Å². The number of benzene rings is 7. The fourth-order valence-corrected chi connectivity index (χ4v) is 12.5. The van der Waals surface area contributed by atoms with Crippen molar-refractivity contribution in [3.63, 3.8) is 0 Å². The summed E-state index contributed by atoms with van der Waals surface area (Å²) in [5.74, 6) is 0. The predicted octanol–water partition coefficient (Wildman–Crippen LogP) is 14.6. The maximum absolute atomic E-state index is 2.70. The average molecular weight is 799 g/mol. The highest BCUT2D eigenvalue weighted by atomic mass is 32.1. The van der Waals surface area contributed by atoms with Gasteiger partial charge in [-0.1, -0.05) is 129 Å². The molecule has 288 valence electrons. The lowest BCUT2D eigenvalue weighted by atomic mass is 9.43. The van der Waals surface area contributed by atoms with Crippen molar-refractivity contribution >= 4 is 114 Å². The maximum Gasteiger partial charge on any atom is 0.333 e. The van der Waals surface area contributed by atoms with Crippen molar-refractivity contribution < 1.29 is 0 Å². The van der Waals surface area contributed by atoms with Crippen LogP contribution in [-0.2, 0) is 16.2 Å². The van der Waals surface area contributed by atoms with E-state index in [9.17, 15) is 0 Å². The minimum Gasteiger partial charge on any atom is -0.376 e. The minimum absolute atomic E-state index is 0.00837. The average Bonchev–Trinajstić information content (AvgIpc) is 3.86. The number of hydrogen-bond acceptors (Lipinski definition) is 3. The molecule has 0 radical (unpaired) electrons. The maximum atomic E-state index is 2.70. The number of fused-ring (bicyclic) bond motifs is 14. The third-order valence-corrected chi connectivity index (χ3v) is 15.7. The molecule has 59 heavy (non-hydrogen) atoms. The molecule has 10 aromatic rings. The molecule has 0 unspecified atom stereocenters. The van der Waals surface area contributed by atoms with E-state index in [1.54, 1.807) is 0 Å². The quantitative estimate of drug-likeness (QED) is 0.150. The molecule has 12 rings (SSSR count). The van der Waals surface area contributed by atoms with Crippen LogP contribution in [0.15, 0.2) is 121 Å². The SMILES string of the molecule is CC(C)(C)c1ccc(N2B3c4cc(C(C)(C)C)ccc4-n4c5cc6c(cc5c5ccc(c3c54)-c3cc4c(cc32)sc2cc(C(C)(C)C)ccc24)sc2ccccc26)cc1. The molecular formula is C54H47BN2S2. The number of thiophene rings is 2. The van der Waals surface area contributed by atoms with Crippen LogP contribution in [0.25, 0.3) is 79.0 Å². The number of rotatable bonds is 1. The first-order valence-electron chi connectivity index (χ1n) is 21.1. The summed E-state index contributed by atoms with van der Waals surface area (Å²) >= 11 is 3.85. The first-order valence-corrected chi connectivity index (χ1v) is 22.7. The summed E-state index contributed by atoms with van der Waals surface area (Å²) in [7, 11) is 0. The largest absolute Gasteiger partial charge is 0.376 e. The molecule has 5 heterocycles. The molecule has 5 heteroatoms. The fourth-order valence-electron chi connectivity index (χ4n) is 10.2. The van der Waals surface area contributed by atoms with Crippen LogP contribution in [0.3, 0.4) is 0 Å². The zero-order valence-corrected chi connectivity index (χ0v) is 37.0. The Kier molecular flexibility index (Phi) is 7.04. The Hall–Kier alpha value is -5.36. The third-order valence-electron chi connectivity index (χ3n) is 13.4. The lowest BCUT2D eigenvalue weighted by Gasteiger charge is -2.42. The summed E-state index contributed by atoms with van der Waals surface area (Å²) in [5.41, 5.74) is 16.1. The second-order valence-electron chi connectivity index (χ2n) is 20.2. The molecule has 7 aromatic carbocycles. The van der Waals surface area contributed by atoms with E-state index < -0.39 is 0 Å². The van der Waals surface area contributed by atoms with Crippen LogP contribution in [0.5, 0.6) is 0 Å². The van der Waals surface area contributed by atoms with Crippen LogP contribution in [0.4, 0.5) is 11.4 Å². The Morgan fingerprint density at radius 2 is 1.05 bits per heavy atom. The lowest BCUT2D eigenvalue weighted by molar-refractivity contribution is 0.590. The molecule has 0 bridgehead atoms. The zero-order chi connectivity index (χ0) is 40.5. The summed E-state index contributed by atoms with van der Waals surface area (Å²) in [4.78, 5) is 2.70. The van der Waals surface area contributed by atoms with E-state index >= 15 is 0 Å². The topological polar surface area (TPSA) is 8.17 Å². The van der Waals surface area contributed by atoms with E-state index in [1.807, 2.05) is 22.7 Å². The molecule has 2 aliphatic heterocycles. The van der Waals surface area contributed by atoms with E-state index in [1.165, 1.54) is 118 Å². The van der Waals surface area contributed by atoms with E-state index in [2.05, 4.69) is 193 Å². The lowest BCUT2D eigenvalue weighted by Crippen LogP contribution is -2.60. The van der Waals surface area contributed by atoms with Gasteiger partial charge in [-0.25, -0.2) is 0 Å². The second-order valence-corrected chi connectivity index (χ2v) is 22.4. The Labute approximate surface area is 354 Å². The van der Waals surface area contributed by atoms with Gasteiger partial charge in [-0.05, 0) is 104 Å². The minimum atomic E-state index is -0.0166. The highest BCUT2D eigenvalue weighted by Crippen LogP contribution is 2.50. The molecule has 0 spiro atoms. The molecule has 0 amide bonds. The van der Waals surface area contributed by atoms with E-state index in [0.29, 0.717) is 0 Å². The van der Waals surface area contributed by atoms with E-state index in [-0.39, 0.29) is 23.1 Å². The smallest absolute Gasteiger partial charge is 0.333 e. The number of anilines is 2. The van der Waals surface area contributed by atoms with Gasteiger partial charge in [0.1, 0.15) is 0 Å². The van der Waals surface area contributed by atoms with Crippen LogP contribution in [0.2, 0.25) is 0 Å². The van der Waals surface area contributed by atoms with Gasteiger partial charge in [0.25, 0.3) is 0 Å². The molecule has 0 aliphatic carbocycles. The summed E-state index contributed by atoms with van der Waals surface area (Å²) in [6.45, 7) is 20.9. The molecule has 0 N–H and O–H groups in total. The first kappa shape index (κ1) is 35.6. The van der Waals surface area contributed by atoms with Crippen molar-refractivity contribution in [2.75, 3.05) is 4.81 Å². The highest BCUT2D eigenvalue weighted by molar-refractivity contribution is 7.26. The fraction of sp³-hybridized carbons (Fsp3) is 0.222. The Morgan fingerprint density at radius 1 is 0.441 bits per heavy atom. The molecule has 0 atom stereocenters. The molecule has 0 saturated carbocycles. The third kappa shape index (κ3) is 4.98. The molecule has 2 nitrogen and oxygen atoms in total. The van der Waals surface area contributed by atoms with Gasteiger partial charge in [-0.3, -0.25) is 0 Å². The normalized spacial score (nSPS) is 14.1. The number of hydrogen-bond donors (Lipinski definition) is 0.